The molecule has 0 amide bonds. The molecule has 0 unspecified atom stereocenters. The van der Waals surface area contributed by atoms with Gasteiger partial charge in [0.15, 0.2) is 0 Å². The fraction of sp³-hybridized carbons (Fsp3) is 0.273. The zero-order valence-electron chi connectivity index (χ0n) is 8.94. The highest BCUT2D eigenvalue weighted by Gasteiger charge is 2.05. The van der Waals surface area contributed by atoms with Crippen molar-refractivity contribution in [1.29, 1.82) is 0 Å². The Hall–Kier alpha value is -1.84. The molecule has 0 aliphatic heterocycles. The van der Waals surface area contributed by atoms with Crippen LogP contribution in [0.1, 0.15) is 5.69 Å². The first-order chi connectivity index (χ1) is 7.13. The minimum absolute atomic E-state index is 0.0623. The zero-order chi connectivity index (χ0) is 11.0. The molecule has 0 aliphatic carbocycles. The summed E-state index contributed by atoms with van der Waals surface area (Å²) in [6.07, 6.45) is 0. The molecule has 0 fully saturated rings. The lowest BCUT2D eigenvalue weighted by atomic mass is 10.2. The molecule has 15 heavy (non-hydrogen) atoms. The van der Waals surface area contributed by atoms with Crippen LogP contribution in [0.25, 0.3) is 11.0 Å². The Balaban J connectivity index is 2.86. The summed E-state index contributed by atoms with van der Waals surface area (Å²) in [7, 11) is 3.35. The molecule has 0 spiro atoms. The Bertz CT molecular complexity index is 573. The van der Waals surface area contributed by atoms with Crippen LogP contribution < -0.4 is 10.3 Å². The number of hydrogen-bond donors (Lipinski definition) is 0. The topological polar surface area (TPSA) is 44.1 Å². The first-order valence-electron chi connectivity index (χ1n) is 4.65. The predicted molar refractivity (Wildman–Crippen MR) is 58.3 cm³/mol. The number of benzene rings is 1. The highest BCUT2D eigenvalue weighted by Crippen LogP contribution is 2.17. The van der Waals surface area contributed by atoms with E-state index >= 15 is 0 Å². The van der Waals surface area contributed by atoms with E-state index in [-0.39, 0.29) is 5.56 Å². The van der Waals surface area contributed by atoms with Crippen molar-refractivity contribution in [3.63, 3.8) is 0 Å². The molecule has 0 N–H and O–H groups in total. The van der Waals surface area contributed by atoms with E-state index in [1.165, 1.54) is 0 Å². The standard InChI is InChI=1S/C11H12N2O2/c1-7-11(14)13(2)10-5-4-8(15-3)6-9(10)12-7/h4-6H,1-3H3. The van der Waals surface area contributed by atoms with Crippen LogP contribution in [-0.4, -0.2) is 16.7 Å². The maximum atomic E-state index is 11.6. The van der Waals surface area contributed by atoms with Gasteiger partial charge in [0.1, 0.15) is 11.4 Å². The van der Waals surface area contributed by atoms with Crippen LogP contribution in [0, 0.1) is 6.92 Å². The summed E-state index contributed by atoms with van der Waals surface area (Å²) in [6, 6.07) is 5.47. The molecule has 2 rings (SSSR count). The number of fused-ring (bicyclic) bond motifs is 1. The molecule has 4 nitrogen and oxygen atoms in total. The molecule has 0 saturated heterocycles. The molecule has 0 bridgehead atoms. The maximum absolute atomic E-state index is 11.6. The molecule has 1 aromatic carbocycles. The highest BCUT2D eigenvalue weighted by molar-refractivity contribution is 5.76. The number of aromatic nitrogens is 2. The van der Waals surface area contributed by atoms with Crippen LogP contribution in [0.4, 0.5) is 0 Å². The third-order valence-corrected chi connectivity index (χ3v) is 2.45. The lowest BCUT2D eigenvalue weighted by Gasteiger charge is -2.06. The first kappa shape index (κ1) is 9.71. The van der Waals surface area contributed by atoms with Crippen LogP contribution in [0.15, 0.2) is 23.0 Å². The molecule has 0 atom stereocenters. The summed E-state index contributed by atoms with van der Waals surface area (Å²) in [5.74, 6) is 0.744. The number of rotatable bonds is 1. The molecule has 0 radical (unpaired) electrons. The second-order valence-electron chi connectivity index (χ2n) is 3.42. The number of methoxy groups -OCH3 is 1. The van der Waals surface area contributed by atoms with Gasteiger partial charge in [-0.3, -0.25) is 4.79 Å². The van der Waals surface area contributed by atoms with Crippen LogP contribution in [0.3, 0.4) is 0 Å². The minimum Gasteiger partial charge on any atom is -0.497 e. The second-order valence-corrected chi connectivity index (χ2v) is 3.42. The lowest BCUT2D eigenvalue weighted by Crippen LogP contribution is -2.20. The quantitative estimate of drug-likeness (QED) is 0.702. The SMILES string of the molecule is COc1ccc2c(c1)nc(C)c(=O)n2C. The maximum Gasteiger partial charge on any atom is 0.272 e. The summed E-state index contributed by atoms with van der Waals surface area (Å²) in [4.78, 5) is 15.8. The van der Waals surface area contributed by atoms with Crippen LogP contribution in [0.5, 0.6) is 5.75 Å². The van der Waals surface area contributed by atoms with E-state index in [4.69, 9.17) is 4.74 Å². The molecule has 4 heteroatoms. The molecular weight excluding hydrogens is 192 g/mol. The third kappa shape index (κ3) is 1.48. The van der Waals surface area contributed by atoms with Crippen molar-refractivity contribution >= 4 is 11.0 Å². The van der Waals surface area contributed by atoms with Gasteiger partial charge >= 0.3 is 0 Å². The van der Waals surface area contributed by atoms with E-state index in [2.05, 4.69) is 4.98 Å². The summed E-state index contributed by atoms with van der Waals surface area (Å²) in [6.45, 7) is 1.71. The fourth-order valence-corrected chi connectivity index (χ4v) is 1.58. The van der Waals surface area contributed by atoms with Crippen molar-refractivity contribution in [1.82, 2.24) is 9.55 Å². The molecule has 1 heterocycles. The average Bonchev–Trinajstić information content (AvgIpc) is 2.25. The summed E-state index contributed by atoms with van der Waals surface area (Å²) >= 11 is 0. The average molecular weight is 204 g/mol. The number of aryl methyl sites for hydroxylation is 2. The van der Waals surface area contributed by atoms with Crippen LogP contribution in [-0.2, 0) is 7.05 Å². The molecular formula is C11H12N2O2. The van der Waals surface area contributed by atoms with Crippen molar-refractivity contribution in [3.8, 4) is 5.75 Å². The van der Waals surface area contributed by atoms with Crippen molar-refractivity contribution in [3.05, 3.63) is 34.2 Å². The highest BCUT2D eigenvalue weighted by atomic mass is 16.5. The number of hydrogen-bond acceptors (Lipinski definition) is 3. The minimum atomic E-state index is -0.0623. The van der Waals surface area contributed by atoms with E-state index in [0.29, 0.717) is 5.69 Å². The van der Waals surface area contributed by atoms with Crippen LogP contribution >= 0.6 is 0 Å². The largest absolute Gasteiger partial charge is 0.497 e. The van der Waals surface area contributed by atoms with Gasteiger partial charge in [0, 0.05) is 13.1 Å². The monoisotopic (exact) mass is 204 g/mol. The molecule has 0 aliphatic rings. The Morgan fingerprint density at radius 3 is 2.80 bits per heavy atom. The zero-order valence-corrected chi connectivity index (χ0v) is 8.94. The Labute approximate surface area is 87.1 Å². The second kappa shape index (κ2) is 3.38. The van der Waals surface area contributed by atoms with Gasteiger partial charge in [0.05, 0.1) is 18.1 Å². The van der Waals surface area contributed by atoms with Gasteiger partial charge in [-0.25, -0.2) is 4.98 Å². The van der Waals surface area contributed by atoms with Gasteiger partial charge in [-0.2, -0.15) is 0 Å². The van der Waals surface area contributed by atoms with Crippen molar-refractivity contribution < 1.29 is 4.74 Å². The van der Waals surface area contributed by atoms with E-state index in [1.54, 1.807) is 25.6 Å². The van der Waals surface area contributed by atoms with Crippen molar-refractivity contribution in [2.45, 2.75) is 6.92 Å². The summed E-state index contributed by atoms with van der Waals surface area (Å²) in [5.41, 5.74) is 2.02. The smallest absolute Gasteiger partial charge is 0.272 e. The van der Waals surface area contributed by atoms with E-state index in [9.17, 15) is 4.79 Å². The fourth-order valence-electron chi connectivity index (χ4n) is 1.58. The van der Waals surface area contributed by atoms with Gasteiger partial charge in [-0.1, -0.05) is 0 Å². The Morgan fingerprint density at radius 2 is 2.13 bits per heavy atom. The predicted octanol–water partition coefficient (Wildman–Crippen LogP) is 1.25. The van der Waals surface area contributed by atoms with Crippen molar-refractivity contribution in [2.24, 2.45) is 7.05 Å². The Kier molecular flexibility index (Phi) is 2.19. The summed E-state index contributed by atoms with van der Waals surface area (Å²) in [5, 5.41) is 0. The van der Waals surface area contributed by atoms with Gasteiger partial charge in [-0.05, 0) is 19.1 Å². The van der Waals surface area contributed by atoms with Gasteiger partial charge in [-0.15, -0.1) is 0 Å². The van der Waals surface area contributed by atoms with Gasteiger partial charge < -0.3 is 9.30 Å². The van der Waals surface area contributed by atoms with E-state index < -0.39 is 0 Å². The van der Waals surface area contributed by atoms with E-state index in [0.717, 1.165) is 16.8 Å². The Morgan fingerprint density at radius 1 is 1.40 bits per heavy atom. The van der Waals surface area contributed by atoms with E-state index in [1.807, 2.05) is 18.2 Å². The third-order valence-electron chi connectivity index (χ3n) is 2.45. The van der Waals surface area contributed by atoms with Gasteiger partial charge in [0.2, 0.25) is 0 Å². The molecule has 1 aromatic heterocycles. The van der Waals surface area contributed by atoms with Gasteiger partial charge in [0.25, 0.3) is 5.56 Å². The van der Waals surface area contributed by atoms with Crippen molar-refractivity contribution in [2.75, 3.05) is 7.11 Å². The molecule has 0 saturated carbocycles. The first-order valence-corrected chi connectivity index (χ1v) is 4.65. The van der Waals surface area contributed by atoms with Crippen LogP contribution in [0.2, 0.25) is 0 Å². The number of nitrogens with zero attached hydrogens (tertiary/aromatic N) is 2. The summed E-state index contributed by atoms with van der Waals surface area (Å²) < 4.78 is 6.70. The lowest BCUT2D eigenvalue weighted by molar-refractivity contribution is 0.415. The normalized spacial score (nSPS) is 10.6. The molecule has 2 aromatic rings. The molecule has 78 valence electrons. The number of ether oxygens (including phenoxy) is 1.